The van der Waals surface area contributed by atoms with Gasteiger partial charge in [0.2, 0.25) is 5.95 Å². The number of hydrogen-bond donors (Lipinski definition) is 1. The Morgan fingerprint density at radius 2 is 2.44 bits per heavy atom. The van der Waals surface area contributed by atoms with Crippen LogP contribution in [0.25, 0.3) is 0 Å². The summed E-state index contributed by atoms with van der Waals surface area (Å²) in [5.74, 6) is 2.73. The van der Waals surface area contributed by atoms with Gasteiger partial charge in [0.05, 0.1) is 6.20 Å². The molecule has 6 heteroatoms. The van der Waals surface area contributed by atoms with Gasteiger partial charge in [0.15, 0.2) is 11.6 Å². The van der Waals surface area contributed by atoms with E-state index >= 15 is 0 Å². The van der Waals surface area contributed by atoms with E-state index in [1.54, 1.807) is 0 Å². The van der Waals surface area contributed by atoms with Crippen molar-refractivity contribution < 1.29 is 4.39 Å². The minimum absolute atomic E-state index is 0.351. The zero-order valence-electron chi connectivity index (χ0n) is 10.8. The molecule has 0 radical (unpaired) electrons. The third-order valence-electron chi connectivity index (χ3n) is 3.05. The van der Waals surface area contributed by atoms with Crippen LogP contribution >= 0.6 is 11.8 Å². The minimum Gasteiger partial charge on any atom is -0.354 e. The molecule has 1 saturated heterocycles. The Morgan fingerprint density at radius 1 is 1.61 bits per heavy atom. The van der Waals surface area contributed by atoms with Crippen molar-refractivity contribution in [2.75, 3.05) is 35.3 Å². The van der Waals surface area contributed by atoms with Crippen molar-refractivity contribution in [1.29, 1.82) is 0 Å². The van der Waals surface area contributed by atoms with Crippen molar-refractivity contribution in [2.45, 2.75) is 25.8 Å². The molecule has 1 aliphatic rings. The van der Waals surface area contributed by atoms with Crippen LogP contribution in [0.3, 0.4) is 0 Å². The number of thioether (sulfide) groups is 1. The van der Waals surface area contributed by atoms with Crippen LogP contribution < -0.4 is 10.2 Å². The molecule has 2 rings (SSSR count). The van der Waals surface area contributed by atoms with E-state index in [1.165, 1.54) is 6.20 Å². The van der Waals surface area contributed by atoms with Gasteiger partial charge in [0.25, 0.3) is 0 Å². The van der Waals surface area contributed by atoms with E-state index in [0.717, 1.165) is 30.9 Å². The Morgan fingerprint density at radius 3 is 3.11 bits per heavy atom. The molecule has 1 unspecified atom stereocenters. The molecule has 1 N–H and O–H groups in total. The lowest BCUT2D eigenvalue weighted by molar-refractivity contribution is 0.592. The van der Waals surface area contributed by atoms with Crippen molar-refractivity contribution in [3.05, 3.63) is 12.0 Å². The molecule has 1 aromatic heterocycles. The Balaban J connectivity index is 2.14. The van der Waals surface area contributed by atoms with Gasteiger partial charge in [-0.25, -0.2) is 9.37 Å². The molecule has 1 fully saturated rings. The van der Waals surface area contributed by atoms with Crippen LogP contribution in [-0.2, 0) is 0 Å². The normalized spacial score (nSPS) is 18.9. The molecule has 0 amide bonds. The fourth-order valence-electron chi connectivity index (χ4n) is 1.93. The van der Waals surface area contributed by atoms with Crippen LogP contribution in [0.2, 0.25) is 0 Å². The zero-order chi connectivity index (χ0) is 13.0. The maximum Gasteiger partial charge on any atom is 0.224 e. The number of anilines is 2. The largest absolute Gasteiger partial charge is 0.354 e. The lowest BCUT2D eigenvalue weighted by Gasteiger charge is -2.25. The van der Waals surface area contributed by atoms with Crippen LogP contribution in [-0.4, -0.2) is 41.1 Å². The van der Waals surface area contributed by atoms with E-state index in [0.29, 0.717) is 17.8 Å². The molecule has 0 bridgehead atoms. The van der Waals surface area contributed by atoms with Crippen LogP contribution in [0.1, 0.15) is 19.8 Å². The first-order valence-electron chi connectivity index (χ1n) is 6.29. The highest BCUT2D eigenvalue weighted by atomic mass is 32.2. The van der Waals surface area contributed by atoms with Crippen LogP contribution in [0.15, 0.2) is 6.20 Å². The molecule has 0 spiro atoms. The zero-order valence-corrected chi connectivity index (χ0v) is 11.6. The molecule has 0 saturated carbocycles. The summed E-state index contributed by atoms with van der Waals surface area (Å²) in [5.41, 5.74) is 0. The van der Waals surface area contributed by atoms with E-state index in [-0.39, 0.29) is 5.82 Å². The van der Waals surface area contributed by atoms with E-state index in [1.807, 2.05) is 23.7 Å². The van der Waals surface area contributed by atoms with Crippen molar-refractivity contribution in [3.8, 4) is 0 Å². The molecule has 1 aromatic rings. The van der Waals surface area contributed by atoms with Gasteiger partial charge in [-0.05, 0) is 18.6 Å². The molecule has 18 heavy (non-hydrogen) atoms. The predicted molar refractivity (Wildman–Crippen MR) is 74.9 cm³/mol. The van der Waals surface area contributed by atoms with Gasteiger partial charge < -0.3 is 10.2 Å². The van der Waals surface area contributed by atoms with Crippen LogP contribution in [0.5, 0.6) is 0 Å². The number of nitrogens with one attached hydrogen (secondary N) is 1. The van der Waals surface area contributed by atoms with Crippen molar-refractivity contribution in [2.24, 2.45) is 0 Å². The minimum atomic E-state index is -0.351. The maximum absolute atomic E-state index is 13.8. The average Bonchev–Trinajstić information content (AvgIpc) is 2.91. The highest BCUT2D eigenvalue weighted by Crippen LogP contribution is 2.26. The topological polar surface area (TPSA) is 41.1 Å². The summed E-state index contributed by atoms with van der Waals surface area (Å²) in [6.45, 7) is 2.87. The third-order valence-corrected chi connectivity index (χ3v) is 4.19. The van der Waals surface area contributed by atoms with Gasteiger partial charge in [-0.3, -0.25) is 0 Å². The van der Waals surface area contributed by atoms with Crippen LogP contribution in [0, 0.1) is 5.82 Å². The first kappa shape index (κ1) is 13.4. The molecule has 2 heterocycles. The fourth-order valence-corrected chi connectivity index (χ4v) is 3.20. The number of rotatable bonds is 5. The molecular formula is C12H19FN4S. The third kappa shape index (κ3) is 3.04. The molecule has 1 atom stereocenters. The second-order valence-electron chi connectivity index (χ2n) is 4.42. The van der Waals surface area contributed by atoms with E-state index < -0.39 is 0 Å². The molecular weight excluding hydrogens is 251 g/mol. The van der Waals surface area contributed by atoms with E-state index in [2.05, 4.69) is 22.2 Å². The number of halogens is 1. The Hall–Kier alpha value is -1.04. The molecule has 1 aliphatic heterocycles. The number of nitrogens with zero attached hydrogens (tertiary/aromatic N) is 3. The number of aromatic nitrogens is 2. The summed E-state index contributed by atoms with van der Waals surface area (Å²) in [7, 11) is 1.91. The van der Waals surface area contributed by atoms with Gasteiger partial charge in [-0.15, -0.1) is 0 Å². The molecule has 4 nitrogen and oxygen atoms in total. The second-order valence-corrected chi connectivity index (χ2v) is 5.57. The second kappa shape index (κ2) is 6.22. The maximum atomic E-state index is 13.8. The van der Waals surface area contributed by atoms with Gasteiger partial charge in [0.1, 0.15) is 0 Å². The van der Waals surface area contributed by atoms with Gasteiger partial charge in [-0.2, -0.15) is 16.7 Å². The van der Waals surface area contributed by atoms with Gasteiger partial charge in [-0.1, -0.05) is 6.92 Å². The summed E-state index contributed by atoms with van der Waals surface area (Å²) in [6.07, 6.45) is 3.33. The SMILES string of the molecule is CCCNc1ncc(F)c(N(C)C2CCSC2)n1. The smallest absolute Gasteiger partial charge is 0.224 e. The summed E-state index contributed by atoms with van der Waals surface area (Å²) in [5, 5.41) is 3.09. The Labute approximate surface area is 111 Å². The summed E-state index contributed by atoms with van der Waals surface area (Å²) in [4.78, 5) is 10.2. The summed E-state index contributed by atoms with van der Waals surface area (Å²) < 4.78 is 13.8. The molecule has 100 valence electrons. The monoisotopic (exact) mass is 270 g/mol. The van der Waals surface area contributed by atoms with Crippen molar-refractivity contribution >= 4 is 23.5 Å². The lowest BCUT2D eigenvalue weighted by Crippen LogP contribution is -2.33. The number of hydrogen-bond acceptors (Lipinski definition) is 5. The lowest BCUT2D eigenvalue weighted by atomic mass is 10.2. The first-order valence-corrected chi connectivity index (χ1v) is 7.44. The van der Waals surface area contributed by atoms with Crippen molar-refractivity contribution in [1.82, 2.24) is 9.97 Å². The predicted octanol–water partition coefficient (Wildman–Crippen LogP) is 2.38. The quantitative estimate of drug-likeness (QED) is 0.889. The fraction of sp³-hybridized carbons (Fsp3) is 0.667. The van der Waals surface area contributed by atoms with E-state index in [4.69, 9.17) is 0 Å². The van der Waals surface area contributed by atoms with Crippen molar-refractivity contribution in [3.63, 3.8) is 0 Å². The highest BCUT2D eigenvalue weighted by Gasteiger charge is 2.23. The molecule has 0 aromatic carbocycles. The van der Waals surface area contributed by atoms with Crippen LogP contribution in [0.4, 0.5) is 16.2 Å². The summed E-state index contributed by atoms with van der Waals surface area (Å²) in [6, 6.07) is 0.374. The molecule has 0 aliphatic carbocycles. The standard InChI is InChI=1S/C12H19FN4S/c1-3-5-14-12-15-7-10(13)11(16-12)17(2)9-4-6-18-8-9/h7,9H,3-6,8H2,1-2H3,(H,14,15,16). The first-order chi connectivity index (χ1) is 8.72. The Bertz CT molecular complexity index is 396. The summed E-state index contributed by atoms with van der Waals surface area (Å²) >= 11 is 1.91. The highest BCUT2D eigenvalue weighted by molar-refractivity contribution is 7.99. The Kier molecular flexibility index (Phi) is 4.63. The average molecular weight is 270 g/mol. The van der Waals surface area contributed by atoms with Gasteiger partial charge in [0, 0.05) is 25.4 Å². The van der Waals surface area contributed by atoms with E-state index in [9.17, 15) is 4.39 Å². The van der Waals surface area contributed by atoms with Gasteiger partial charge >= 0.3 is 0 Å².